The van der Waals surface area contributed by atoms with Gasteiger partial charge in [0.05, 0.1) is 17.6 Å². The molecule has 0 amide bonds. The van der Waals surface area contributed by atoms with Gasteiger partial charge in [0.1, 0.15) is 22.7 Å². The smallest absolute Gasteiger partial charge is 0.343 e. The number of ether oxygens (including phenoxy) is 2. The van der Waals surface area contributed by atoms with Crippen molar-refractivity contribution in [3.63, 3.8) is 0 Å². The van der Waals surface area contributed by atoms with Crippen LogP contribution < -0.4 is 15.1 Å². The van der Waals surface area contributed by atoms with E-state index in [4.69, 9.17) is 13.9 Å². The molecule has 4 heteroatoms. The van der Waals surface area contributed by atoms with Crippen LogP contribution in [0.5, 0.6) is 11.5 Å². The summed E-state index contributed by atoms with van der Waals surface area (Å²) in [6, 6.07) is 15.5. The summed E-state index contributed by atoms with van der Waals surface area (Å²) in [5.74, 6) is 1.43. The molecule has 2 aliphatic heterocycles. The van der Waals surface area contributed by atoms with E-state index >= 15 is 0 Å². The molecule has 0 bridgehead atoms. The fourth-order valence-corrected chi connectivity index (χ4v) is 4.17. The molecule has 0 spiro atoms. The summed E-state index contributed by atoms with van der Waals surface area (Å²) < 4.78 is 17.9. The minimum Gasteiger partial charge on any atom is -0.493 e. The van der Waals surface area contributed by atoms with E-state index in [1.54, 1.807) is 6.07 Å². The summed E-state index contributed by atoms with van der Waals surface area (Å²) in [6.07, 6.45) is 0. The van der Waals surface area contributed by atoms with Gasteiger partial charge in [0.25, 0.3) is 0 Å². The molecule has 0 saturated heterocycles. The fourth-order valence-electron chi connectivity index (χ4n) is 4.17. The van der Waals surface area contributed by atoms with Crippen LogP contribution in [0.15, 0.2) is 57.7 Å². The Morgan fingerprint density at radius 2 is 1.80 bits per heavy atom. The molecule has 4 nitrogen and oxygen atoms in total. The van der Waals surface area contributed by atoms with Gasteiger partial charge in [-0.25, -0.2) is 4.79 Å². The monoisotopic (exact) mass is 334 g/mol. The molecule has 0 aliphatic carbocycles. The topological polar surface area (TPSA) is 48.7 Å². The maximum atomic E-state index is 12.9. The number of hydrogen-bond donors (Lipinski definition) is 0. The maximum absolute atomic E-state index is 12.9. The lowest BCUT2D eigenvalue weighted by atomic mass is 9.70. The number of hydrogen-bond acceptors (Lipinski definition) is 4. The van der Waals surface area contributed by atoms with Gasteiger partial charge in [-0.15, -0.1) is 0 Å². The van der Waals surface area contributed by atoms with Crippen LogP contribution in [0.3, 0.4) is 0 Å². The minimum atomic E-state index is -0.457. The summed E-state index contributed by atoms with van der Waals surface area (Å²) in [5, 5.41) is 0.840. The van der Waals surface area contributed by atoms with Gasteiger partial charge in [-0.3, -0.25) is 0 Å². The lowest BCUT2D eigenvalue weighted by Crippen LogP contribution is -2.50. The Hall–Kier alpha value is -2.75. The third kappa shape index (κ3) is 1.97. The van der Waals surface area contributed by atoms with E-state index < -0.39 is 5.60 Å². The van der Waals surface area contributed by atoms with Gasteiger partial charge in [0.2, 0.25) is 0 Å². The molecule has 3 aromatic rings. The van der Waals surface area contributed by atoms with Crippen LogP contribution in [0.25, 0.3) is 11.0 Å². The minimum absolute atomic E-state index is 0.0407. The molecule has 1 aromatic heterocycles. The predicted octanol–water partition coefficient (Wildman–Crippen LogP) is 4.10. The van der Waals surface area contributed by atoms with Gasteiger partial charge in [-0.2, -0.15) is 0 Å². The van der Waals surface area contributed by atoms with Crippen molar-refractivity contribution in [2.45, 2.75) is 25.4 Å². The second kappa shape index (κ2) is 4.88. The van der Waals surface area contributed by atoms with Crippen LogP contribution in [0.1, 0.15) is 30.9 Å². The first-order valence-electron chi connectivity index (χ1n) is 8.53. The van der Waals surface area contributed by atoms with Crippen molar-refractivity contribution in [2.75, 3.05) is 6.61 Å². The fraction of sp³-hybridized carbons (Fsp3) is 0.286. The predicted molar refractivity (Wildman–Crippen MR) is 94.5 cm³/mol. The molecule has 0 radical (unpaired) electrons. The molecule has 5 rings (SSSR count). The second-order valence-electron chi connectivity index (χ2n) is 7.27. The van der Waals surface area contributed by atoms with Crippen molar-refractivity contribution < 1.29 is 13.9 Å². The average molecular weight is 334 g/mol. The number of para-hydroxylation sites is 2. The lowest BCUT2D eigenvalue weighted by Gasteiger charge is -2.46. The molecule has 3 heterocycles. The van der Waals surface area contributed by atoms with E-state index in [2.05, 4.69) is 13.8 Å². The maximum Gasteiger partial charge on any atom is 0.343 e. The van der Waals surface area contributed by atoms with Crippen molar-refractivity contribution >= 4 is 11.0 Å². The van der Waals surface area contributed by atoms with Gasteiger partial charge in [-0.05, 0) is 32.0 Å². The zero-order chi connectivity index (χ0) is 17.2. The largest absolute Gasteiger partial charge is 0.493 e. The zero-order valence-electron chi connectivity index (χ0n) is 14.1. The Labute approximate surface area is 145 Å². The molecule has 2 aliphatic rings. The highest BCUT2D eigenvalue weighted by atomic mass is 16.5. The van der Waals surface area contributed by atoms with E-state index in [1.165, 1.54) is 0 Å². The highest BCUT2D eigenvalue weighted by Gasteiger charge is 2.49. The van der Waals surface area contributed by atoms with E-state index in [0.717, 1.165) is 16.7 Å². The van der Waals surface area contributed by atoms with Crippen molar-refractivity contribution in [3.05, 3.63) is 70.1 Å². The molecule has 0 unspecified atom stereocenters. The van der Waals surface area contributed by atoms with Crippen LogP contribution in [-0.4, -0.2) is 12.2 Å². The molecule has 2 atom stereocenters. The van der Waals surface area contributed by atoms with E-state index in [0.29, 0.717) is 23.5 Å². The van der Waals surface area contributed by atoms with Crippen LogP contribution in [0, 0.1) is 5.92 Å². The average Bonchev–Trinajstić information content (AvgIpc) is 2.61. The third-order valence-corrected chi connectivity index (χ3v) is 5.44. The van der Waals surface area contributed by atoms with Gasteiger partial charge in [-0.1, -0.05) is 30.3 Å². The Bertz CT molecular complexity index is 1050. The van der Waals surface area contributed by atoms with Crippen molar-refractivity contribution in [1.29, 1.82) is 0 Å². The molecule has 0 N–H and O–H groups in total. The van der Waals surface area contributed by atoms with E-state index in [9.17, 15) is 4.79 Å². The second-order valence-corrected chi connectivity index (χ2v) is 7.27. The summed E-state index contributed by atoms with van der Waals surface area (Å²) >= 11 is 0. The molecule has 0 saturated carbocycles. The van der Waals surface area contributed by atoms with Crippen LogP contribution in [0.2, 0.25) is 0 Å². The first-order chi connectivity index (χ1) is 12.1. The van der Waals surface area contributed by atoms with Gasteiger partial charge >= 0.3 is 5.63 Å². The summed E-state index contributed by atoms with van der Waals surface area (Å²) in [5.41, 5.74) is 1.41. The Morgan fingerprint density at radius 3 is 2.68 bits per heavy atom. The first-order valence-corrected chi connectivity index (χ1v) is 8.53. The summed E-state index contributed by atoms with van der Waals surface area (Å²) in [6.45, 7) is 4.64. The van der Waals surface area contributed by atoms with Crippen LogP contribution >= 0.6 is 0 Å². The SMILES string of the molecule is CC1(C)Oc2c(c(=O)oc3ccccc23)[C@H]2c3ccccc3OC[C@H]21. The quantitative estimate of drug-likeness (QED) is 0.581. The highest BCUT2D eigenvalue weighted by Crippen LogP contribution is 2.52. The van der Waals surface area contributed by atoms with Crippen molar-refractivity contribution in [2.24, 2.45) is 5.92 Å². The highest BCUT2D eigenvalue weighted by molar-refractivity contribution is 5.85. The Kier molecular flexibility index (Phi) is 2.85. The summed E-state index contributed by atoms with van der Waals surface area (Å²) in [7, 11) is 0. The van der Waals surface area contributed by atoms with Gasteiger partial charge in [0, 0.05) is 17.4 Å². The van der Waals surface area contributed by atoms with Crippen molar-refractivity contribution in [1.82, 2.24) is 0 Å². The van der Waals surface area contributed by atoms with Gasteiger partial charge < -0.3 is 13.9 Å². The van der Waals surface area contributed by atoms with Crippen molar-refractivity contribution in [3.8, 4) is 11.5 Å². The summed E-state index contributed by atoms with van der Waals surface area (Å²) in [4.78, 5) is 12.9. The Morgan fingerprint density at radius 1 is 1.04 bits per heavy atom. The molecule has 2 aromatic carbocycles. The number of benzene rings is 2. The Balaban J connectivity index is 1.88. The number of rotatable bonds is 0. The normalized spacial score (nSPS) is 23.0. The van der Waals surface area contributed by atoms with E-state index in [-0.39, 0.29) is 17.5 Å². The molecular formula is C21H18O4. The lowest BCUT2D eigenvalue weighted by molar-refractivity contribution is -0.0137. The molecule has 0 fully saturated rings. The number of fused-ring (bicyclic) bond motifs is 7. The zero-order valence-corrected chi connectivity index (χ0v) is 14.1. The standard InChI is InChI=1S/C21H18O4/c1-21(2)14-11-23-15-9-5-3-7-12(15)17(14)18-19(25-21)13-8-4-6-10-16(13)24-20(18)22/h3-10,14,17H,11H2,1-2H3/t14-,17+/m1/s1. The third-order valence-electron chi connectivity index (χ3n) is 5.44. The van der Waals surface area contributed by atoms with Gasteiger partial charge in [0.15, 0.2) is 0 Å². The van der Waals surface area contributed by atoms with Crippen LogP contribution in [-0.2, 0) is 0 Å². The molecular weight excluding hydrogens is 316 g/mol. The van der Waals surface area contributed by atoms with E-state index in [1.807, 2.05) is 42.5 Å². The van der Waals surface area contributed by atoms with Crippen LogP contribution in [0.4, 0.5) is 0 Å². The first kappa shape index (κ1) is 14.6. The molecule has 126 valence electrons. The molecule has 25 heavy (non-hydrogen) atoms.